The molecule has 7 nitrogen and oxygen atoms in total. The second kappa shape index (κ2) is 9.56. The summed E-state index contributed by atoms with van der Waals surface area (Å²) in [6.07, 6.45) is -0.151. The molecule has 4 heterocycles. The summed E-state index contributed by atoms with van der Waals surface area (Å²) in [6.45, 7) is 0.695. The lowest BCUT2D eigenvalue weighted by Gasteiger charge is -2.25. The van der Waals surface area contributed by atoms with Crippen LogP contribution in [-0.2, 0) is 32.2 Å². The largest absolute Gasteiger partial charge is 0.355 e. The number of carbonyl (C=O) groups is 3. The highest BCUT2D eigenvalue weighted by molar-refractivity contribution is 7.10. The molecule has 170 valence electrons. The van der Waals surface area contributed by atoms with Gasteiger partial charge in [-0.1, -0.05) is 42.5 Å². The van der Waals surface area contributed by atoms with E-state index in [1.807, 2.05) is 65.4 Å². The van der Waals surface area contributed by atoms with Crippen LogP contribution < -0.4 is 5.32 Å². The van der Waals surface area contributed by atoms with E-state index in [2.05, 4.69) is 5.32 Å². The van der Waals surface area contributed by atoms with E-state index in [0.717, 1.165) is 16.9 Å². The van der Waals surface area contributed by atoms with Crippen molar-refractivity contribution >= 4 is 40.4 Å². The molecule has 2 fully saturated rings. The van der Waals surface area contributed by atoms with Gasteiger partial charge in [0.2, 0.25) is 11.8 Å². The van der Waals surface area contributed by atoms with Crippen molar-refractivity contribution in [2.24, 2.45) is 5.92 Å². The number of imide groups is 1. The van der Waals surface area contributed by atoms with Gasteiger partial charge in [-0.3, -0.25) is 24.1 Å². The molecule has 0 spiro atoms. The molecule has 1 N–H and O–H groups in total. The van der Waals surface area contributed by atoms with Crippen LogP contribution in [0.5, 0.6) is 0 Å². The molecule has 3 unspecified atom stereocenters. The standard InChI is InChI=1S/C24H23N3O4S2/c28-19(25-11-10-17-8-4-12-32-17)15-27-21(18-9-5-13-33-18)20-22(31-27)24(30)26(23(20)29)14-16-6-2-1-3-7-16/h1-9,12-13,20-22H,10-11,14-15H2,(H,25,28). The average Bonchev–Trinajstić information content (AvgIpc) is 3.60. The average molecular weight is 482 g/mol. The molecule has 3 amide bonds. The van der Waals surface area contributed by atoms with E-state index in [-0.39, 0.29) is 30.8 Å². The first-order valence-corrected chi connectivity index (χ1v) is 12.5. The highest BCUT2D eigenvalue weighted by Crippen LogP contribution is 2.45. The molecule has 0 radical (unpaired) electrons. The molecule has 1 aromatic carbocycles. The quantitative estimate of drug-likeness (QED) is 0.501. The second-order valence-corrected chi connectivity index (χ2v) is 10.0. The van der Waals surface area contributed by atoms with Crippen LogP contribution in [0.3, 0.4) is 0 Å². The van der Waals surface area contributed by atoms with Crippen LogP contribution in [0.1, 0.15) is 21.4 Å². The first-order chi connectivity index (χ1) is 16.1. The lowest BCUT2D eigenvalue weighted by Crippen LogP contribution is -2.41. The van der Waals surface area contributed by atoms with Gasteiger partial charge in [0, 0.05) is 16.3 Å². The van der Waals surface area contributed by atoms with Crippen LogP contribution in [0.25, 0.3) is 0 Å². The molecule has 2 aliphatic rings. The number of hydrogen-bond donors (Lipinski definition) is 1. The molecular weight excluding hydrogens is 458 g/mol. The Hall–Kier alpha value is -2.85. The Morgan fingerprint density at radius 3 is 2.48 bits per heavy atom. The summed E-state index contributed by atoms with van der Waals surface area (Å²) in [7, 11) is 0. The number of amides is 3. The maximum Gasteiger partial charge on any atom is 0.261 e. The van der Waals surface area contributed by atoms with Crippen LogP contribution in [0.4, 0.5) is 0 Å². The molecule has 3 atom stereocenters. The molecule has 2 saturated heterocycles. The number of fused-ring (bicyclic) bond motifs is 1. The third kappa shape index (κ3) is 4.49. The molecule has 0 bridgehead atoms. The zero-order valence-corrected chi connectivity index (χ0v) is 19.4. The predicted molar refractivity (Wildman–Crippen MR) is 125 cm³/mol. The van der Waals surface area contributed by atoms with Crippen molar-refractivity contribution in [3.8, 4) is 0 Å². The Morgan fingerprint density at radius 1 is 0.970 bits per heavy atom. The van der Waals surface area contributed by atoms with Crippen LogP contribution in [0.2, 0.25) is 0 Å². The van der Waals surface area contributed by atoms with E-state index in [1.54, 1.807) is 11.3 Å². The summed E-state index contributed by atoms with van der Waals surface area (Å²) in [5.74, 6) is -1.48. The van der Waals surface area contributed by atoms with Crippen molar-refractivity contribution < 1.29 is 19.2 Å². The zero-order chi connectivity index (χ0) is 22.8. The van der Waals surface area contributed by atoms with Crippen LogP contribution in [-0.4, -0.2) is 46.9 Å². The van der Waals surface area contributed by atoms with Crippen LogP contribution >= 0.6 is 22.7 Å². The predicted octanol–water partition coefficient (Wildman–Crippen LogP) is 3.01. The fourth-order valence-electron chi connectivity index (χ4n) is 4.34. The Balaban J connectivity index is 1.29. The maximum atomic E-state index is 13.3. The number of rotatable bonds is 8. The number of nitrogens with zero attached hydrogens (tertiary/aromatic N) is 2. The number of nitrogens with one attached hydrogen (secondary N) is 1. The molecule has 2 aromatic heterocycles. The summed E-state index contributed by atoms with van der Waals surface area (Å²) < 4.78 is 0. The number of benzene rings is 1. The SMILES string of the molecule is O=C(CN1OC2C(=O)N(Cc3ccccc3)C(=O)C2C1c1cccs1)NCCc1cccs1. The van der Waals surface area contributed by atoms with E-state index in [9.17, 15) is 14.4 Å². The third-order valence-corrected chi connectivity index (χ3v) is 7.76. The summed E-state index contributed by atoms with van der Waals surface area (Å²) in [5, 5.41) is 8.35. The van der Waals surface area contributed by atoms with E-state index < -0.39 is 18.1 Å². The van der Waals surface area contributed by atoms with Gasteiger partial charge in [-0.2, -0.15) is 5.06 Å². The van der Waals surface area contributed by atoms with Crippen molar-refractivity contribution in [3.05, 3.63) is 80.7 Å². The molecular formula is C24H23N3O4S2. The molecule has 0 saturated carbocycles. The van der Waals surface area contributed by atoms with Crippen molar-refractivity contribution in [2.75, 3.05) is 13.1 Å². The maximum absolute atomic E-state index is 13.3. The smallest absolute Gasteiger partial charge is 0.261 e. The van der Waals surface area contributed by atoms with E-state index in [1.165, 1.54) is 26.2 Å². The Kier molecular flexibility index (Phi) is 6.37. The van der Waals surface area contributed by atoms with Gasteiger partial charge in [-0.15, -0.1) is 22.7 Å². The van der Waals surface area contributed by atoms with Gasteiger partial charge >= 0.3 is 0 Å². The number of hydroxylamine groups is 2. The Bertz CT molecular complexity index is 1120. The number of thiophene rings is 2. The van der Waals surface area contributed by atoms with E-state index >= 15 is 0 Å². The fourth-order valence-corrected chi connectivity index (χ4v) is 5.92. The summed E-state index contributed by atoms with van der Waals surface area (Å²) in [6, 6.07) is 16.8. The summed E-state index contributed by atoms with van der Waals surface area (Å²) in [4.78, 5) is 48.4. The van der Waals surface area contributed by atoms with Gasteiger partial charge in [0.05, 0.1) is 18.5 Å². The zero-order valence-electron chi connectivity index (χ0n) is 17.8. The third-order valence-electron chi connectivity index (χ3n) is 5.88. The highest BCUT2D eigenvalue weighted by atomic mass is 32.1. The van der Waals surface area contributed by atoms with Gasteiger partial charge < -0.3 is 5.32 Å². The van der Waals surface area contributed by atoms with Gasteiger partial charge in [0.15, 0.2) is 6.10 Å². The summed E-state index contributed by atoms with van der Waals surface area (Å²) >= 11 is 3.14. The minimum atomic E-state index is -0.910. The van der Waals surface area contributed by atoms with Crippen molar-refractivity contribution in [3.63, 3.8) is 0 Å². The van der Waals surface area contributed by atoms with Gasteiger partial charge in [-0.05, 0) is 34.9 Å². The molecule has 9 heteroatoms. The van der Waals surface area contributed by atoms with Crippen LogP contribution in [0, 0.1) is 5.92 Å². The van der Waals surface area contributed by atoms with Gasteiger partial charge in [0.1, 0.15) is 6.54 Å². The minimum absolute atomic E-state index is 0.0424. The molecule has 0 aliphatic carbocycles. The van der Waals surface area contributed by atoms with Crippen molar-refractivity contribution in [2.45, 2.75) is 25.1 Å². The first kappa shape index (κ1) is 22.0. The molecule has 3 aromatic rings. The Labute approximate surface area is 199 Å². The van der Waals surface area contributed by atoms with Gasteiger partial charge in [0.25, 0.3) is 5.91 Å². The monoisotopic (exact) mass is 481 g/mol. The van der Waals surface area contributed by atoms with E-state index in [0.29, 0.717) is 6.54 Å². The topological polar surface area (TPSA) is 79.0 Å². The molecule has 33 heavy (non-hydrogen) atoms. The van der Waals surface area contributed by atoms with E-state index in [4.69, 9.17) is 4.84 Å². The lowest BCUT2D eigenvalue weighted by molar-refractivity contribution is -0.182. The Morgan fingerprint density at radius 2 is 1.76 bits per heavy atom. The van der Waals surface area contributed by atoms with Crippen molar-refractivity contribution in [1.29, 1.82) is 0 Å². The molecule has 5 rings (SSSR count). The summed E-state index contributed by atoms with van der Waals surface area (Å²) in [5.41, 5.74) is 0.883. The normalized spacial score (nSPS) is 22.7. The van der Waals surface area contributed by atoms with Crippen LogP contribution in [0.15, 0.2) is 65.4 Å². The molecule has 2 aliphatic heterocycles. The minimum Gasteiger partial charge on any atom is -0.355 e. The first-order valence-electron chi connectivity index (χ1n) is 10.8. The number of likely N-dealkylation sites (tertiary alicyclic amines) is 1. The van der Waals surface area contributed by atoms with Crippen molar-refractivity contribution in [1.82, 2.24) is 15.3 Å². The highest BCUT2D eigenvalue weighted by Gasteiger charge is 2.59. The number of hydrogen-bond acceptors (Lipinski definition) is 7. The lowest BCUT2D eigenvalue weighted by atomic mass is 9.95. The second-order valence-electron chi connectivity index (χ2n) is 8.01. The fraction of sp³-hybridized carbons (Fsp3) is 0.292. The van der Waals surface area contributed by atoms with Gasteiger partial charge in [-0.25, -0.2) is 0 Å². The number of carbonyl (C=O) groups excluding carboxylic acids is 3.